The molecule has 0 saturated carbocycles. The summed E-state index contributed by atoms with van der Waals surface area (Å²) in [5.74, 6) is 0.190. The maximum atomic E-state index is 12.4. The van der Waals surface area contributed by atoms with E-state index in [9.17, 15) is 13.2 Å². The Morgan fingerprint density at radius 1 is 1.21 bits per heavy atom. The molecule has 0 aliphatic carbocycles. The molecule has 2 unspecified atom stereocenters. The maximum absolute atomic E-state index is 12.4. The average Bonchev–Trinajstić information content (AvgIpc) is 2.32. The van der Waals surface area contributed by atoms with Gasteiger partial charge >= 0.3 is 6.18 Å². The Hall–Kier alpha value is -0.780. The Kier molecular flexibility index (Phi) is 5.64. The van der Waals surface area contributed by atoms with Crippen LogP contribution < -0.4 is 5.73 Å². The van der Waals surface area contributed by atoms with Crippen molar-refractivity contribution in [1.82, 2.24) is 0 Å². The van der Waals surface area contributed by atoms with Gasteiger partial charge in [-0.05, 0) is 30.5 Å². The van der Waals surface area contributed by atoms with Gasteiger partial charge in [-0.15, -0.1) is 12.4 Å². The molecule has 19 heavy (non-hydrogen) atoms. The van der Waals surface area contributed by atoms with E-state index >= 15 is 0 Å². The minimum absolute atomic E-state index is 0. The lowest BCUT2D eigenvalue weighted by Crippen LogP contribution is -2.39. The first kappa shape index (κ1) is 16.3. The van der Waals surface area contributed by atoms with Crippen LogP contribution in [-0.4, -0.2) is 19.3 Å². The Morgan fingerprint density at radius 3 is 2.37 bits per heavy atom. The maximum Gasteiger partial charge on any atom is 0.416 e. The van der Waals surface area contributed by atoms with Gasteiger partial charge in [-0.3, -0.25) is 0 Å². The van der Waals surface area contributed by atoms with Crippen molar-refractivity contribution >= 4 is 12.4 Å². The molecule has 1 aromatic carbocycles. The Morgan fingerprint density at radius 2 is 1.84 bits per heavy atom. The van der Waals surface area contributed by atoms with Crippen molar-refractivity contribution in [3.63, 3.8) is 0 Å². The van der Waals surface area contributed by atoms with E-state index in [1.165, 1.54) is 12.1 Å². The molecular weight excluding hydrogens is 279 g/mol. The summed E-state index contributed by atoms with van der Waals surface area (Å²) in [4.78, 5) is 0. The van der Waals surface area contributed by atoms with Crippen molar-refractivity contribution < 1.29 is 17.9 Å². The Bertz CT molecular complexity index is 394. The molecule has 1 saturated heterocycles. The summed E-state index contributed by atoms with van der Waals surface area (Å²) >= 11 is 0. The zero-order valence-electron chi connectivity index (χ0n) is 10.3. The normalized spacial score (nSPS) is 23.8. The number of rotatable bonds is 2. The summed E-state index contributed by atoms with van der Waals surface area (Å²) in [7, 11) is 0. The van der Waals surface area contributed by atoms with Gasteiger partial charge in [-0.1, -0.05) is 12.1 Å². The minimum atomic E-state index is -4.27. The highest BCUT2D eigenvalue weighted by Gasteiger charge is 2.30. The SMILES string of the molecule is Cl.NC1CCOCC1Cc1ccc(C(F)(F)F)cc1. The standard InChI is InChI=1S/C13H16F3NO.ClH/c14-13(15,16)11-3-1-9(2-4-11)7-10-8-18-6-5-12(10)17;/h1-4,10,12H,5-8,17H2;1H. The van der Waals surface area contributed by atoms with Crippen LogP contribution in [0.25, 0.3) is 0 Å². The molecule has 1 aliphatic heterocycles. The number of nitrogens with two attached hydrogens (primary N) is 1. The fraction of sp³-hybridized carbons (Fsp3) is 0.538. The van der Waals surface area contributed by atoms with Crippen LogP contribution >= 0.6 is 12.4 Å². The van der Waals surface area contributed by atoms with Gasteiger partial charge < -0.3 is 10.5 Å². The summed E-state index contributed by atoms with van der Waals surface area (Å²) in [5, 5.41) is 0. The van der Waals surface area contributed by atoms with Gasteiger partial charge in [-0.25, -0.2) is 0 Å². The number of alkyl halides is 3. The van der Waals surface area contributed by atoms with Gasteiger partial charge in [-0.2, -0.15) is 13.2 Å². The van der Waals surface area contributed by atoms with Crippen LogP contribution in [0.4, 0.5) is 13.2 Å². The Labute approximate surface area is 116 Å². The molecule has 1 heterocycles. The van der Waals surface area contributed by atoms with Crippen LogP contribution in [0.5, 0.6) is 0 Å². The molecule has 2 rings (SSSR count). The third-order valence-electron chi connectivity index (χ3n) is 3.31. The fourth-order valence-corrected chi connectivity index (χ4v) is 2.16. The molecule has 0 radical (unpaired) electrons. The van der Waals surface area contributed by atoms with E-state index in [1.807, 2.05) is 0 Å². The third kappa shape index (κ3) is 4.37. The number of hydrogen-bond acceptors (Lipinski definition) is 2. The second-order valence-electron chi connectivity index (χ2n) is 4.69. The summed E-state index contributed by atoms with van der Waals surface area (Å²) in [5.41, 5.74) is 6.22. The number of hydrogen-bond donors (Lipinski definition) is 1. The monoisotopic (exact) mass is 295 g/mol. The summed E-state index contributed by atoms with van der Waals surface area (Å²) < 4.78 is 42.5. The van der Waals surface area contributed by atoms with Gasteiger partial charge in [0, 0.05) is 18.6 Å². The van der Waals surface area contributed by atoms with E-state index in [0.29, 0.717) is 19.6 Å². The lowest BCUT2D eigenvalue weighted by Gasteiger charge is -2.28. The van der Waals surface area contributed by atoms with Gasteiger partial charge in [0.05, 0.1) is 12.2 Å². The van der Waals surface area contributed by atoms with Crippen LogP contribution in [0.1, 0.15) is 17.5 Å². The molecule has 6 heteroatoms. The van der Waals surface area contributed by atoms with Crippen LogP contribution in [-0.2, 0) is 17.3 Å². The molecule has 2 atom stereocenters. The van der Waals surface area contributed by atoms with E-state index < -0.39 is 11.7 Å². The molecular formula is C13H17ClF3NO. The van der Waals surface area contributed by atoms with E-state index in [1.54, 1.807) is 0 Å². The smallest absolute Gasteiger partial charge is 0.381 e. The summed E-state index contributed by atoms with van der Waals surface area (Å²) in [6, 6.07) is 5.34. The predicted octanol–water partition coefficient (Wildman–Crippen LogP) is 3.03. The van der Waals surface area contributed by atoms with Crippen LogP contribution in [0, 0.1) is 5.92 Å². The lowest BCUT2D eigenvalue weighted by molar-refractivity contribution is -0.137. The van der Waals surface area contributed by atoms with Crippen LogP contribution in [0.3, 0.4) is 0 Å². The first-order valence-corrected chi connectivity index (χ1v) is 5.96. The molecule has 1 aliphatic rings. The van der Waals surface area contributed by atoms with E-state index in [4.69, 9.17) is 10.5 Å². The van der Waals surface area contributed by atoms with Crippen molar-refractivity contribution in [3.05, 3.63) is 35.4 Å². The molecule has 1 aromatic rings. The Balaban J connectivity index is 0.00000180. The highest BCUT2D eigenvalue weighted by molar-refractivity contribution is 5.85. The highest BCUT2D eigenvalue weighted by Crippen LogP contribution is 2.29. The third-order valence-corrected chi connectivity index (χ3v) is 3.31. The zero-order valence-corrected chi connectivity index (χ0v) is 11.1. The topological polar surface area (TPSA) is 35.2 Å². The predicted molar refractivity (Wildman–Crippen MR) is 69.3 cm³/mol. The van der Waals surface area contributed by atoms with E-state index in [2.05, 4.69) is 0 Å². The van der Waals surface area contributed by atoms with Crippen LogP contribution in [0.15, 0.2) is 24.3 Å². The lowest BCUT2D eigenvalue weighted by atomic mass is 9.90. The van der Waals surface area contributed by atoms with Gasteiger partial charge in [0.15, 0.2) is 0 Å². The molecule has 0 aromatic heterocycles. The average molecular weight is 296 g/mol. The quantitative estimate of drug-likeness (QED) is 0.910. The van der Waals surface area contributed by atoms with Gasteiger partial charge in [0.1, 0.15) is 0 Å². The largest absolute Gasteiger partial charge is 0.416 e. The summed E-state index contributed by atoms with van der Waals surface area (Å²) in [6.45, 7) is 1.26. The molecule has 0 bridgehead atoms. The van der Waals surface area contributed by atoms with Crippen molar-refractivity contribution in [2.75, 3.05) is 13.2 Å². The molecule has 2 nitrogen and oxygen atoms in total. The molecule has 1 fully saturated rings. The van der Waals surface area contributed by atoms with E-state index in [0.717, 1.165) is 24.1 Å². The van der Waals surface area contributed by atoms with E-state index in [-0.39, 0.29) is 24.4 Å². The fourth-order valence-electron chi connectivity index (χ4n) is 2.16. The van der Waals surface area contributed by atoms with Crippen molar-refractivity contribution in [1.29, 1.82) is 0 Å². The van der Waals surface area contributed by atoms with Crippen molar-refractivity contribution in [2.24, 2.45) is 11.7 Å². The first-order valence-electron chi connectivity index (χ1n) is 5.96. The highest BCUT2D eigenvalue weighted by atomic mass is 35.5. The second kappa shape index (κ2) is 6.59. The first-order chi connectivity index (χ1) is 8.47. The molecule has 0 spiro atoms. The van der Waals surface area contributed by atoms with Gasteiger partial charge in [0.25, 0.3) is 0 Å². The zero-order chi connectivity index (χ0) is 13.2. The second-order valence-corrected chi connectivity index (χ2v) is 4.69. The molecule has 0 amide bonds. The van der Waals surface area contributed by atoms with Crippen LogP contribution in [0.2, 0.25) is 0 Å². The molecule has 108 valence electrons. The molecule has 2 N–H and O–H groups in total. The minimum Gasteiger partial charge on any atom is -0.381 e. The number of halogens is 4. The van der Waals surface area contributed by atoms with Crippen molar-refractivity contribution in [2.45, 2.75) is 25.1 Å². The number of benzene rings is 1. The number of ether oxygens (including phenoxy) is 1. The summed E-state index contributed by atoms with van der Waals surface area (Å²) in [6.07, 6.45) is -2.80. The van der Waals surface area contributed by atoms with Crippen molar-refractivity contribution in [3.8, 4) is 0 Å². The van der Waals surface area contributed by atoms with Gasteiger partial charge in [0.2, 0.25) is 0 Å².